The molecule has 0 spiro atoms. The van der Waals surface area contributed by atoms with Gasteiger partial charge in [0.25, 0.3) is 5.91 Å². The molecule has 0 aliphatic rings. The topological polar surface area (TPSA) is 61.1 Å². The second-order valence-corrected chi connectivity index (χ2v) is 7.71. The fourth-order valence-corrected chi connectivity index (χ4v) is 3.51. The molecule has 0 fully saturated rings. The van der Waals surface area contributed by atoms with Crippen LogP contribution in [-0.2, 0) is 6.73 Å². The molecule has 0 aliphatic carbocycles. The van der Waals surface area contributed by atoms with E-state index in [0.717, 1.165) is 28.1 Å². The Hall–Kier alpha value is -3.80. The summed E-state index contributed by atoms with van der Waals surface area (Å²) in [5, 5.41) is 7.35. The zero-order chi connectivity index (χ0) is 21.8. The van der Waals surface area contributed by atoms with Crippen molar-refractivity contribution in [1.29, 1.82) is 0 Å². The Morgan fingerprint density at radius 2 is 1.68 bits per heavy atom. The molecule has 0 radical (unpaired) electrons. The smallest absolute Gasteiger partial charge is 0.272 e. The summed E-state index contributed by atoms with van der Waals surface area (Å²) in [6.45, 7) is 6.27. The van der Waals surface area contributed by atoms with Crippen LogP contribution in [0.3, 0.4) is 0 Å². The minimum atomic E-state index is -0.216. The van der Waals surface area contributed by atoms with Crippen LogP contribution in [0, 0.1) is 13.8 Å². The van der Waals surface area contributed by atoms with E-state index in [4.69, 9.17) is 4.74 Å². The van der Waals surface area contributed by atoms with Crippen molar-refractivity contribution in [2.75, 3.05) is 0 Å². The third-order valence-electron chi connectivity index (χ3n) is 5.08. The normalized spacial score (nSPS) is 11.8. The molecule has 2 heterocycles. The Morgan fingerprint density at radius 1 is 1.00 bits per heavy atom. The van der Waals surface area contributed by atoms with Gasteiger partial charge in [0.2, 0.25) is 0 Å². The number of aromatic nitrogens is 3. The molecule has 1 unspecified atom stereocenters. The van der Waals surface area contributed by atoms with Crippen LogP contribution in [0.1, 0.15) is 40.1 Å². The zero-order valence-electron chi connectivity index (χ0n) is 17.9. The van der Waals surface area contributed by atoms with Gasteiger partial charge in [-0.15, -0.1) is 0 Å². The first-order valence-electron chi connectivity index (χ1n) is 10.3. The summed E-state index contributed by atoms with van der Waals surface area (Å²) < 4.78 is 9.46. The average molecular weight is 415 g/mol. The molecule has 0 bridgehead atoms. The van der Waals surface area contributed by atoms with E-state index in [1.807, 2.05) is 86.3 Å². The summed E-state index contributed by atoms with van der Waals surface area (Å²) in [4.78, 5) is 12.6. The number of nitrogens with zero attached hydrogens (tertiary/aromatic N) is 3. The summed E-state index contributed by atoms with van der Waals surface area (Å²) in [6, 6.07) is 19.7. The van der Waals surface area contributed by atoms with E-state index in [0.29, 0.717) is 5.69 Å². The van der Waals surface area contributed by atoms with E-state index in [2.05, 4.69) is 16.5 Å². The molecule has 4 aromatic rings. The summed E-state index contributed by atoms with van der Waals surface area (Å²) in [5.74, 6) is 0.572. The van der Waals surface area contributed by atoms with Crippen molar-refractivity contribution < 1.29 is 9.53 Å². The quantitative estimate of drug-likeness (QED) is 0.472. The second-order valence-electron chi connectivity index (χ2n) is 7.71. The lowest BCUT2D eigenvalue weighted by molar-refractivity contribution is 0.0932. The number of hydrogen-bond acceptors (Lipinski definition) is 3. The minimum absolute atomic E-state index is 0.136. The number of rotatable bonds is 7. The van der Waals surface area contributed by atoms with Gasteiger partial charge in [-0.2, -0.15) is 5.10 Å². The maximum Gasteiger partial charge on any atom is 0.272 e. The molecule has 0 saturated carbocycles. The number of amides is 1. The standard InChI is InChI=1S/C25H26N4O2/c1-18-14-19(2)16-23(15-18)31-17-29-13-10-24(27-29)25(30)26-20(3)21-6-8-22(9-7-21)28-11-4-5-12-28/h4-16,20H,17H2,1-3H3,(H,26,30). The van der Waals surface area contributed by atoms with Gasteiger partial charge in [0.1, 0.15) is 11.4 Å². The maximum atomic E-state index is 12.6. The van der Waals surface area contributed by atoms with Crippen molar-refractivity contribution in [3.8, 4) is 11.4 Å². The molecule has 6 heteroatoms. The third-order valence-corrected chi connectivity index (χ3v) is 5.08. The number of aryl methyl sites for hydroxylation is 2. The van der Waals surface area contributed by atoms with Crippen LogP contribution in [0.25, 0.3) is 5.69 Å². The van der Waals surface area contributed by atoms with Crippen LogP contribution < -0.4 is 10.1 Å². The summed E-state index contributed by atoms with van der Waals surface area (Å²) in [6.07, 6.45) is 5.74. The summed E-state index contributed by atoms with van der Waals surface area (Å²) in [5.41, 5.74) is 4.76. The van der Waals surface area contributed by atoms with Gasteiger partial charge in [0.15, 0.2) is 6.73 Å². The highest BCUT2D eigenvalue weighted by molar-refractivity contribution is 5.92. The van der Waals surface area contributed by atoms with Crippen LogP contribution >= 0.6 is 0 Å². The van der Waals surface area contributed by atoms with Gasteiger partial charge in [-0.1, -0.05) is 18.2 Å². The molecule has 0 saturated heterocycles. The average Bonchev–Trinajstić information content (AvgIpc) is 3.44. The molecule has 1 N–H and O–H groups in total. The SMILES string of the molecule is Cc1cc(C)cc(OCn2ccc(C(=O)NC(C)c3ccc(-n4cccc4)cc3)n2)c1. The first-order chi connectivity index (χ1) is 15.0. The number of carbonyl (C=O) groups excluding carboxylic acids is 1. The highest BCUT2D eigenvalue weighted by atomic mass is 16.5. The number of carbonyl (C=O) groups is 1. The van der Waals surface area contributed by atoms with Gasteiger partial charge >= 0.3 is 0 Å². The van der Waals surface area contributed by atoms with E-state index < -0.39 is 0 Å². The Morgan fingerprint density at radius 3 is 2.35 bits per heavy atom. The van der Waals surface area contributed by atoms with Gasteiger partial charge in [0.05, 0.1) is 6.04 Å². The summed E-state index contributed by atoms with van der Waals surface area (Å²) >= 11 is 0. The highest BCUT2D eigenvalue weighted by Gasteiger charge is 2.14. The Kier molecular flexibility index (Phi) is 5.89. The molecule has 1 atom stereocenters. The molecule has 158 valence electrons. The van der Waals surface area contributed by atoms with E-state index in [-0.39, 0.29) is 18.7 Å². The highest BCUT2D eigenvalue weighted by Crippen LogP contribution is 2.18. The van der Waals surface area contributed by atoms with E-state index in [9.17, 15) is 4.79 Å². The van der Waals surface area contributed by atoms with Crippen molar-refractivity contribution >= 4 is 5.91 Å². The molecule has 1 amide bonds. The number of benzene rings is 2. The van der Waals surface area contributed by atoms with Crippen LogP contribution in [-0.4, -0.2) is 20.3 Å². The van der Waals surface area contributed by atoms with Crippen LogP contribution in [0.4, 0.5) is 0 Å². The fraction of sp³-hybridized carbons (Fsp3) is 0.200. The van der Waals surface area contributed by atoms with Crippen LogP contribution in [0.5, 0.6) is 5.75 Å². The molecule has 0 aliphatic heterocycles. The third kappa shape index (κ3) is 5.04. The van der Waals surface area contributed by atoms with Crippen molar-refractivity contribution in [1.82, 2.24) is 19.7 Å². The van der Waals surface area contributed by atoms with Gasteiger partial charge in [-0.05, 0) is 79.9 Å². The van der Waals surface area contributed by atoms with E-state index >= 15 is 0 Å². The van der Waals surface area contributed by atoms with Gasteiger partial charge < -0.3 is 14.6 Å². The number of ether oxygens (including phenoxy) is 1. The Balaban J connectivity index is 1.35. The molecule has 6 nitrogen and oxygen atoms in total. The maximum absolute atomic E-state index is 12.6. The first kappa shape index (κ1) is 20.5. The second kappa shape index (κ2) is 8.92. The lowest BCUT2D eigenvalue weighted by Crippen LogP contribution is -2.27. The van der Waals surface area contributed by atoms with Crippen molar-refractivity contribution in [2.24, 2.45) is 0 Å². The Labute approximate surface area is 182 Å². The van der Waals surface area contributed by atoms with Crippen molar-refractivity contribution in [3.05, 3.63) is 102 Å². The monoisotopic (exact) mass is 414 g/mol. The molecule has 2 aromatic heterocycles. The predicted octanol–water partition coefficient (Wildman–Crippen LogP) is 4.82. The molecule has 2 aromatic carbocycles. The number of nitrogens with one attached hydrogen (secondary N) is 1. The largest absolute Gasteiger partial charge is 0.471 e. The van der Waals surface area contributed by atoms with Gasteiger partial charge in [-0.3, -0.25) is 4.79 Å². The van der Waals surface area contributed by atoms with Crippen LogP contribution in [0.15, 0.2) is 79.3 Å². The fourth-order valence-electron chi connectivity index (χ4n) is 3.51. The molecule has 31 heavy (non-hydrogen) atoms. The Bertz CT molecular complexity index is 1140. The van der Waals surface area contributed by atoms with Crippen molar-refractivity contribution in [2.45, 2.75) is 33.5 Å². The van der Waals surface area contributed by atoms with Crippen LogP contribution in [0.2, 0.25) is 0 Å². The predicted molar refractivity (Wildman–Crippen MR) is 120 cm³/mol. The van der Waals surface area contributed by atoms with E-state index in [1.54, 1.807) is 16.9 Å². The van der Waals surface area contributed by atoms with Crippen molar-refractivity contribution in [3.63, 3.8) is 0 Å². The number of hydrogen-bond donors (Lipinski definition) is 1. The minimum Gasteiger partial charge on any atom is -0.471 e. The zero-order valence-corrected chi connectivity index (χ0v) is 17.9. The first-order valence-corrected chi connectivity index (χ1v) is 10.3. The molecular formula is C25H26N4O2. The lowest BCUT2D eigenvalue weighted by atomic mass is 10.1. The molecular weight excluding hydrogens is 388 g/mol. The van der Waals surface area contributed by atoms with E-state index in [1.165, 1.54) is 0 Å². The van der Waals surface area contributed by atoms with Gasteiger partial charge in [0, 0.05) is 24.3 Å². The summed E-state index contributed by atoms with van der Waals surface area (Å²) in [7, 11) is 0. The lowest BCUT2D eigenvalue weighted by Gasteiger charge is -2.14. The van der Waals surface area contributed by atoms with Gasteiger partial charge in [-0.25, -0.2) is 4.68 Å². The molecule has 4 rings (SSSR count).